The molecule has 0 aliphatic rings. The normalized spacial score (nSPS) is 11.6. The molecule has 0 saturated carbocycles. The maximum atomic E-state index is 10.8. The molecule has 0 amide bonds. The summed E-state index contributed by atoms with van der Waals surface area (Å²) in [5, 5.41) is 0. The van der Waals surface area contributed by atoms with Gasteiger partial charge in [-0.05, 0) is 25.0 Å². The average molecular weight is 219 g/mol. The van der Waals surface area contributed by atoms with Crippen molar-refractivity contribution in [1.82, 2.24) is 0 Å². The van der Waals surface area contributed by atoms with E-state index >= 15 is 0 Å². The van der Waals surface area contributed by atoms with Crippen LogP contribution < -0.4 is 0 Å². The van der Waals surface area contributed by atoms with Crippen LogP contribution in [0.15, 0.2) is 18.2 Å². The summed E-state index contributed by atoms with van der Waals surface area (Å²) in [6, 6.07) is 5.68. The van der Waals surface area contributed by atoms with Crippen molar-refractivity contribution in [2.24, 2.45) is 0 Å². The monoisotopic (exact) mass is 218 g/mol. The van der Waals surface area contributed by atoms with Crippen molar-refractivity contribution in [2.45, 2.75) is 19.6 Å². The van der Waals surface area contributed by atoms with Gasteiger partial charge in [0.15, 0.2) is 0 Å². The van der Waals surface area contributed by atoms with E-state index in [0.29, 0.717) is 0 Å². The first kappa shape index (κ1) is 10.5. The molecule has 0 aliphatic carbocycles. The Kier molecular flexibility index (Phi) is 2.98. The van der Waals surface area contributed by atoms with Crippen LogP contribution in [0, 0.1) is 13.8 Å². The zero-order chi connectivity index (χ0) is 10.1. The van der Waals surface area contributed by atoms with E-state index in [-0.39, 0.29) is 5.75 Å². The van der Waals surface area contributed by atoms with Gasteiger partial charge < -0.3 is 0 Å². The van der Waals surface area contributed by atoms with Crippen LogP contribution in [-0.4, -0.2) is 8.42 Å². The lowest BCUT2D eigenvalue weighted by Crippen LogP contribution is -1.97. The van der Waals surface area contributed by atoms with Crippen molar-refractivity contribution in [2.75, 3.05) is 0 Å². The summed E-state index contributed by atoms with van der Waals surface area (Å²) >= 11 is 0. The molecule has 0 fully saturated rings. The van der Waals surface area contributed by atoms with E-state index in [0.717, 1.165) is 16.7 Å². The summed E-state index contributed by atoms with van der Waals surface area (Å²) in [6.07, 6.45) is 0. The van der Waals surface area contributed by atoms with Crippen molar-refractivity contribution in [1.29, 1.82) is 0 Å². The molecule has 0 N–H and O–H groups in total. The molecule has 0 radical (unpaired) electrons. The highest BCUT2D eigenvalue weighted by atomic mass is 35.7. The van der Waals surface area contributed by atoms with Gasteiger partial charge >= 0.3 is 0 Å². The fourth-order valence-electron chi connectivity index (χ4n) is 1.14. The standard InChI is InChI=1S/C9H11ClO2S/c1-7-3-4-8(2)9(5-7)6-13(10,11)12/h3-5H,6H2,1-2H3. The number of hydrogen-bond acceptors (Lipinski definition) is 2. The summed E-state index contributed by atoms with van der Waals surface area (Å²) in [6.45, 7) is 3.79. The molecule has 0 spiro atoms. The third kappa shape index (κ3) is 3.36. The molecule has 1 rings (SSSR count). The first-order valence-electron chi connectivity index (χ1n) is 3.87. The van der Waals surface area contributed by atoms with E-state index in [1.165, 1.54) is 0 Å². The Morgan fingerprint density at radius 2 is 1.92 bits per heavy atom. The molecule has 0 aliphatic heterocycles. The highest BCUT2D eigenvalue weighted by molar-refractivity contribution is 8.13. The van der Waals surface area contributed by atoms with Gasteiger partial charge in [-0.2, -0.15) is 0 Å². The summed E-state index contributed by atoms with van der Waals surface area (Å²) < 4.78 is 21.7. The van der Waals surface area contributed by atoms with Crippen molar-refractivity contribution in [3.63, 3.8) is 0 Å². The third-order valence-electron chi connectivity index (χ3n) is 1.83. The van der Waals surface area contributed by atoms with Gasteiger partial charge in [0.05, 0.1) is 5.75 Å². The smallest absolute Gasteiger partial charge is 0.212 e. The number of benzene rings is 1. The van der Waals surface area contributed by atoms with E-state index < -0.39 is 9.05 Å². The fourth-order valence-corrected chi connectivity index (χ4v) is 2.18. The molecule has 0 atom stereocenters. The topological polar surface area (TPSA) is 34.1 Å². The summed E-state index contributed by atoms with van der Waals surface area (Å²) in [4.78, 5) is 0. The van der Waals surface area contributed by atoms with E-state index in [1.807, 2.05) is 32.0 Å². The Morgan fingerprint density at radius 1 is 1.31 bits per heavy atom. The van der Waals surface area contributed by atoms with Crippen LogP contribution in [0.5, 0.6) is 0 Å². The van der Waals surface area contributed by atoms with Gasteiger partial charge in [0, 0.05) is 10.7 Å². The molecule has 0 heterocycles. The number of hydrogen-bond donors (Lipinski definition) is 0. The third-order valence-corrected chi connectivity index (χ3v) is 2.82. The molecule has 1 aromatic carbocycles. The number of halogens is 1. The van der Waals surface area contributed by atoms with Gasteiger partial charge in [-0.15, -0.1) is 0 Å². The number of aryl methyl sites for hydroxylation is 2. The Bertz CT molecular complexity index is 410. The van der Waals surface area contributed by atoms with Crippen LogP contribution >= 0.6 is 10.7 Å². The first-order chi connectivity index (χ1) is 5.88. The minimum absolute atomic E-state index is 0.0952. The van der Waals surface area contributed by atoms with Crippen LogP contribution in [-0.2, 0) is 14.8 Å². The number of rotatable bonds is 2. The minimum atomic E-state index is -3.44. The maximum Gasteiger partial charge on any atom is 0.236 e. The lowest BCUT2D eigenvalue weighted by molar-refractivity contribution is 0.608. The van der Waals surface area contributed by atoms with Crippen molar-refractivity contribution >= 4 is 19.7 Å². The first-order valence-corrected chi connectivity index (χ1v) is 6.35. The summed E-state index contributed by atoms with van der Waals surface area (Å²) in [5.74, 6) is -0.0952. The largest absolute Gasteiger partial charge is 0.236 e. The van der Waals surface area contributed by atoms with E-state index in [1.54, 1.807) is 0 Å². The van der Waals surface area contributed by atoms with Crippen molar-refractivity contribution < 1.29 is 8.42 Å². The highest BCUT2D eigenvalue weighted by Gasteiger charge is 2.09. The molecule has 0 saturated heterocycles. The SMILES string of the molecule is Cc1ccc(C)c(CS(=O)(=O)Cl)c1. The van der Waals surface area contributed by atoms with Gasteiger partial charge in [0.1, 0.15) is 0 Å². The lowest BCUT2D eigenvalue weighted by atomic mass is 10.1. The van der Waals surface area contributed by atoms with Crippen LogP contribution in [0.25, 0.3) is 0 Å². The Morgan fingerprint density at radius 3 is 2.46 bits per heavy atom. The van der Waals surface area contributed by atoms with Gasteiger partial charge in [0.25, 0.3) is 0 Å². The van der Waals surface area contributed by atoms with E-state index in [2.05, 4.69) is 0 Å². The Balaban J connectivity index is 3.08. The molecule has 72 valence electrons. The van der Waals surface area contributed by atoms with E-state index in [4.69, 9.17) is 10.7 Å². The second-order valence-electron chi connectivity index (χ2n) is 3.11. The predicted molar refractivity (Wildman–Crippen MR) is 54.4 cm³/mol. The molecule has 0 aromatic heterocycles. The average Bonchev–Trinajstić information content (AvgIpc) is 1.94. The second-order valence-corrected chi connectivity index (χ2v) is 5.89. The maximum absolute atomic E-state index is 10.8. The second kappa shape index (κ2) is 3.68. The molecule has 2 nitrogen and oxygen atoms in total. The fraction of sp³-hybridized carbons (Fsp3) is 0.333. The lowest BCUT2D eigenvalue weighted by Gasteiger charge is -2.04. The molecule has 1 aromatic rings. The molecule has 13 heavy (non-hydrogen) atoms. The predicted octanol–water partition coefficient (Wildman–Crippen LogP) is 2.37. The van der Waals surface area contributed by atoms with Crippen molar-refractivity contribution in [3.05, 3.63) is 34.9 Å². The summed E-state index contributed by atoms with van der Waals surface area (Å²) in [5.41, 5.74) is 2.77. The van der Waals surface area contributed by atoms with Crippen LogP contribution in [0.3, 0.4) is 0 Å². The Labute approximate surface area is 83.0 Å². The minimum Gasteiger partial charge on any atom is -0.212 e. The van der Waals surface area contributed by atoms with Crippen molar-refractivity contribution in [3.8, 4) is 0 Å². The zero-order valence-corrected chi connectivity index (χ0v) is 9.11. The molecule has 0 unspecified atom stereocenters. The van der Waals surface area contributed by atoms with Crippen LogP contribution in [0.4, 0.5) is 0 Å². The van der Waals surface area contributed by atoms with Gasteiger partial charge in [-0.25, -0.2) is 8.42 Å². The van der Waals surface area contributed by atoms with Crippen LogP contribution in [0.2, 0.25) is 0 Å². The van der Waals surface area contributed by atoms with Gasteiger partial charge in [0.2, 0.25) is 9.05 Å². The highest BCUT2D eigenvalue weighted by Crippen LogP contribution is 2.15. The molecular formula is C9H11ClO2S. The molecule has 4 heteroatoms. The van der Waals surface area contributed by atoms with Gasteiger partial charge in [-0.1, -0.05) is 23.8 Å². The van der Waals surface area contributed by atoms with E-state index in [9.17, 15) is 8.42 Å². The Hall–Kier alpha value is -0.540. The quantitative estimate of drug-likeness (QED) is 0.715. The van der Waals surface area contributed by atoms with Crippen LogP contribution in [0.1, 0.15) is 16.7 Å². The zero-order valence-electron chi connectivity index (χ0n) is 7.54. The molecular weight excluding hydrogens is 208 g/mol. The van der Waals surface area contributed by atoms with Gasteiger partial charge in [-0.3, -0.25) is 0 Å². The summed E-state index contributed by atoms with van der Waals surface area (Å²) in [7, 11) is 1.72. The molecule has 0 bridgehead atoms.